The summed E-state index contributed by atoms with van der Waals surface area (Å²) >= 11 is 0. The number of hydrogen-bond acceptors (Lipinski definition) is 4. The van der Waals surface area contributed by atoms with Crippen LogP contribution >= 0.6 is 0 Å². The van der Waals surface area contributed by atoms with Crippen molar-refractivity contribution < 1.29 is 9.59 Å². The van der Waals surface area contributed by atoms with E-state index in [4.69, 9.17) is 11.5 Å². The number of Topliss-reactive ketones (excluding diaryl/α,β-unsaturated/α-hetero) is 2. The standard InChI is InChI=1S/C17H17NO.C16H15NO/c1-17(10-12-5-4-7-14(18)9-12)11-13-6-2-3-8-15(13)16(17)19;17-14-6-3-4-11(9-14)8-13-10-12-5-1-2-7-15(12)16(13)18/h2-9H,10-11,18H2,1H3;1-7,9,13H,8,10,17H2. The van der Waals surface area contributed by atoms with Gasteiger partial charge in [-0.05, 0) is 72.2 Å². The first-order valence-corrected chi connectivity index (χ1v) is 12.8. The van der Waals surface area contributed by atoms with Gasteiger partial charge in [0.15, 0.2) is 11.6 Å². The number of nitrogen functional groups attached to an aromatic ring is 2. The molecule has 4 N–H and O–H groups in total. The SMILES string of the molecule is CC1(Cc2cccc(N)c2)Cc2ccccc2C1=O.Nc1cccc(CC2Cc3ccccc3C2=O)c1. The number of rotatable bonds is 4. The van der Waals surface area contributed by atoms with E-state index in [2.05, 4.69) is 13.0 Å². The van der Waals surface area contributed by atoms with E-state index >= 15 is 0 Å². The van der Waals surface area contributed by atoms with Crippen LogP contribution in [0.1, 0.15) is 49.9 Å². The number of benzene rings is 4. The van der Waals surface area contributed by atoms with Gasteiger partial charge in [0.05, 0.1) is 0 Å². The van der Waals surface area contributed by atoms with Gasteiger partial charge in [-0.15, -0.1) is 0 Å². The van der Waals surface area contributed by atoms with Crippen molar-refractivity contribution >= 4 is 22.9 Å². The molecule has 0 saturated carbocycles. The van der Waals surface area contributed by atoms with Gasteiger partial charge in [-0.2, -0.15) is 0 Å². The number of anilines is 2. The monoisotopic (exact) mass is 488 g/mol. The predicted octanol–water partition coefficient (Wildman–Crippen LogP) is 6.12. The van der Waals surface area contributed by atoms with E-state index in [0.717, 1.165) is 59.3 Å². The van der Waals surface area contributed by atoms with Crippen molar-refractivity contribution in [2.75, 3.05) is 11.5 Å². The van der Waals surface area contributed by atoms with Crippen LogP contribution in [0.5, 0.6) is 0 Å². The Balaban J connectivity index is 0.000000152. The van der Waals surface area contributed by atoms with Gasteiger partial charge >= 0.3 is 0 Å². The van der Waals surface area contributed by atoms with Gasteiger partial charge in [-0.1, -0.05) is 79.7 Å². The van der Waals surface area contributed by atoms with E-state index in [1.807, 2.05) is 91.0 Å². The summed E-state index contributed by atoms with van der Waals surface area (Å²) < 4.78 is 0. The number of hydrogen-bond donors (Lipinski definition) is 2. The van der Waals surface area contributed by atoms with Crippen molar-refractivity contribution in [3.05, 3.63) is 130 Å². The summed E-state index contributed by atoms with van der Waals surface area (Å²) in [6.45, 7) is 2.05. The first-order valence-electron chi connectivity index (χ1n) is 12.8. The zero-order valence-electron chi connectivity index (χ0n) is 21.1. The van der Waals surface area contributed by atoms with E-state index in [9.17, 15) is 9.59 Å². The highest BCUT2D eigenvalue weighted by atomic mass is 16.1. The molecule has 0 spiro atoms. The summed E-state index contributed by atoms with van der Waals surface area (Å²) in [6, 6.07) is 31.4. The number of ketones is 2. The molecular formula is C33H32N2O2. The van der Waals surface area contributed by atoms with Crippen molar-refractivity contribution in [1.82, 2.24) is 0 Å². The van der Waals surface area contributed by atoms with Crippen LogP contribution < -0.4 is 11.5 Å². The van der Waals surface area contributed by atoms with Gasteiger partial charge < -0.3 is 11.5 Å². The molecule has 4 heteroatoms. The molecule has 0 aliphatic heterocycles. The van der Waals surface area contributed by atoms with E-state index in [1.165, 1.54) is 11.1 Å². The Morgan fingerprint density at radius 1 is 0.730 bits per heavy atom. The minimum absolute atomic E-state index is 0.0733. The van der Waals surface area contributed by atoms with Crippen LogP contribution in [0.15, 0.2) is 97.1 Å². The van der Waals surface area contributed by atoms with E-state index in [-0.39, 0.29) is 22.9 Å². The lowest BCUT2D eigenvalue weighted by atomic mass is 9.80. The maximum Gasteiger partial charge on any atom is 0.169 e. The van der Waals surface area contributed by atoms with Gasteiger partial charge in [0.1, 0.15) is 0 Å². The molecule has 4 aromatic carbocycles. The van der Waals surface area contributed by atoms with Crippen LogP contribution in [0.3, 0.4) is 0 Å². The van der Waals surface area contributed by atoms with Crippen LogP contribution in [0.2, 0.25) is 0 Å². The average molecular weight is 489 g/mol. The van der Waals surface area contributed by atoms with Crippen molar-refractivity contribution in [3.63, 3.8) is 0 Å². The molecule has 2 aliphatic carbocycles. The molecular weight excluding hydrogens is 456 g/mol. The minimum atomic E-state index is -0.336. The van der Waals surface area contributed by atoms with Crippen molar-refractivity contribution in [3.8, 4) is 0 Å². The summed E-state index contributed by atoms with van der Waals surface area (Å²) in [5.74, 6) is 0.600. The van der Waals surface area contributed by atoms with Crippen LogP contribution in [-0.4, -0.2) is 11.6 Å². The highest BCUT2D eigenvalue weighted by molar-refractivity contribution is 6.05. The third-order valence-electron chi connectivity index (χ3n) is 7.49. The lowest BCUT2D eigenvalue weighted by Crippen LogP contribution is -2.26. The molecule has 0 aromatic heterocycles. The molecule has 0 heterocycles. The highest BCUT2D eigenvalue weighted by Crippen LogP contribution is 2.39. The number of fused-ring (bicyclic) bond motifs is 2. The second-order valence-corrected chi connectivity index (χ2v) is 10.5. The molecule has 0 bridgehead atoms. The molecule has 37 heavy (non-hydrogen) atoms. The van der Waals surface area contributed by atoms with Crippen molar-refractivity contribution in [1.29, 1.82) is 0 Å². The molecule has 0 radical (unpaired) electrons. The maximum atomic E-state index is 12.6. The highest BCUT2D eigenvalue weighted by Gasteiger charge is 2.41. The Morgan fingerprint density at radius 2 is 1.32 bits per heavy atom. The summed E-state index contributed by atoms with van der Waals surface area (Å²) in [5, 5.41) is 0. The first kappa shape index (κ1) is 24.5. The number of carbonyl (C=O) groups is 2. The topological polar surface area (TPSA) is 86.2 Å². The molecule has 2 unspecified atom stereocenters. The van der Waals surface area contributed by atoms with Crippen molar-refractivity contribution in [2.24, 2.45) is 11.3 Å². The van der Waals surface area contributed by atoms with Crippen LogP contribution in [0, 0.1) is 11.3 Å². The Hall–Kier alpha value is -4.18. The maximum absolute atomic E-state index is 12.6. The summed E-state index contributed by atoms with van der Waals surface area (Å²) in [4.78, 5) is 24.8. The Labute approximate surface area is 218 Å². The largest absolute Gasteiger partial charge is 0.399 e. The first-order chi connectivity index (χ1) is 17.8. The number of nitrogens with two attached hydrogens (primary N) is 2. The summed E-state index contributed by atoms with van der Waals surface area (Å²) in [6.07, 6.45) is 3.19. The predicted molar refractivity (Wildman–Crippen MR) is 150 cm³/mol. The third-order valence-corrected chi connectivity index (χ3v) is 7.49. The second kappa shape index (κ2) is 10.1. The number of carbonyl (C=O) groups excluding carboxylic acids is 2. The lowest BCUT2D eigenvalue weighted by Gasteiger charge is -2.22. The molecule has 4 nitrogen and oxygen atoms in total. The van der Waals surface area contributed by atoms with Crippen molar-refractivity contribution in [2.45, 2.75) is 32.6 Å². The molecule has 6 rings (SSSR count). The fourth-order valence-electron chi connectivity index (χ4n) is 5.70. The zero-order valence-corrected chi connectivity index (χ0v) is 21.1. The average Bonchev–Trinajstić information content (AvgIpc) is 3.32. The van der Waals surface area contributed by atoms with E-state index < -0.39 is 0 Å². The Bertz CT molecular complexity index is 1470. The summed E-state index contributed by atoms with van der Waals surface area (Å²) in [7, 11) is 0. The molecule has 186 valence electrons. The quantitative estimate of drug-likeness (QED) is 0.339. The molecule has 4 aromatic rings. The Morgan fingerprint density at radius 3 is 1.97 bits per heavy atom. The molecule has 0 saturated heterocycles. The molecule has 0 amide bonds. The van der Waals surface area contributed by atoms with Gasteiger partial charge in [-0.3, -0.25) is 9.59 Å². The van der Waals surface area contributed by atoms with Gasteiger partial charge in [0.25, 0.3) is 0 Å². The fourth-order valence-corrected chi connectivity index (χ4v) is 5.70. The molecule has 2 atom stereocenters. The molecule has 0 fully saturated rings. The van der Waals surface area contributed by atoms with Crippen LogP contribution in [0.4, 0.5) is 11.4 Å². The third kappa shape index (κ3) is 5.19. The second-order valence-electron chi connectivity index (χ2n) is 10.5. The van der Waals surface area contributed by atoms with Gasteiger partial charge in [-0.25, -0.2) is 0 Å². The normalized spacial score (nSPS) is 19.6. The Kier molecular flexibility index (Phi) is 6.66. The van der Waals surface area contributed by atoms with Gasteiger partial charge in [0.2, 0.25) is 0 Å². The van der Waals surface area contributed by atoms with Crippen LogP contribution in [0.25, 0.3) is 0 Å². The minimum Gasteiger partial charge on any atom is -0.399 e. The summed E-state index contributed by atoms with van der Waals surface area (Å²) in [5.41, 5.74) is 19.1. The zero-order chi connectivity index (χ0) is 26.0. The lowest BCUT2D eigenvalue weighted by molar-refractivity contribution is 0.0841. The molecule has 2 aliphatic rings. The van der Waals surface area contributed by atoms with Crippen LogP contribution in [-0.2, 0) is 25.7 Å². The fraction of sp³-hybridized carbons (Fsp3) is 0.212. The van der Waals surface area contributed by atoms with E-state index in [1.54, 1.807) is 0 Å². The van der Waals surface area contributed by atoms with E-state index in [0.29, 0.717) is 0 Å². The van der Waals surface area contributed by atoms with Gasteiger partial charge in [0, 0.05) is 33.8 Å². The smallest absolute Gasteiger partial charge is 0.169 e.